The number of amides is 1. The second-order valence-electron chi connectivity index (χ2n) is 10.6. The Morgan fingerprint density at radius 2 is 1.79 bits per heavy atom. The van der Waals surface area contributed by atoms with Crippen LogP contribution in [0.5, 0.6) is 5.75 Å². The number of rotatable bonds is 13. The molecule has 0 atom stereocenters. The van der Waals surface area contributed by atoms with E-state index in [1.165, 1.54) is 46.2 Å². The molecule has 1 aliphatic rings. The first-order valence-corrected chi connectivity index (χ1v) is 13.8. The van der Waals surface area contributed by atoms with Crippen molar-refractivity contribution in [3.63, 3.8) is 0 Å². The first kappa shape index (κ1) is 31.4. The molecule has 43 heavy (non-hydrogen) atoms. The fraction of sp³-hybridized carbons (Fsp3) is 0.379. The fourth-order valence-corrected chi connectivity index (χ4v) is 4.67. The summed E-state index contributed by atoms with van der Waals surface area (Å²) in [5.41, 5.74) is 5.94. The molecule has 1 amide bonds. The van der Waals surface area contributed by atoms with Crippen molar-refractivity contribution in [1.82, 2.24) is 19.9 Å². The Bertz CT molecular complexity index is 1460. The molecule has 14 heteroatoms. The largest absolute Gasteiger partial charge is 0.494 e. The van der Waals surface area contributed by atoms with E-state index in [0.29, 0.717) is 17.1 Å². The summed E-state index contributed by atoms with van der Waals surface area (Å²) < 4.78 is 33.5. The van der Waals surface area contributed by atoms with Crippen LogP contribution in [-0.4, -0.2) is 71.2 Å². The highest BCUT2D eigenvalue weighted by atomic mass is 19.2. The van der Waals surface area contributed by atoms with Crippen LogP contribution in [0.4, 0.5) is 43.4 Å². The van der Waals surface area contributed by atoms with Gasteiger partial charge in [0.05, 0.1) is 35.5 Å². The van der Waals surface area contributed by atoms with Crippen LogP contribution in [0.15, 0.2) is 43.2 Å². The van der Waals surface area contributed by atoms with E-state index in [1.807, 2.05) is 13.1 Å². The molecule has 1 aliphatic heterocycles. The van der Waals surface area contributed by atoms with Crippen molar-refractivity contribution < 1.29 is 23.4 Å². The highest BCUT2D eigenvalue weighted by Crippen LogP contribution is 2.38. The number of likely N-dealkylation sites (N-methyl/N-ethyl adjacent to an activating group) is 1. The number of carbonyl (C=O) groups is 1. The van der Waals surface area contributed by atoms with Crippen LogP contribution in [0.1, 0.15) is 32.3 Å². The maximum atomic E-state index is 14.0. The molecule has 1 saturated heterocycles. The lowest BCUT2D eigenvalue weighted by Gasteiger charge is -2.26. The third-order valence-electron chi connectivity index (χ3n) is 6.97. The zero-order valence-corrected chi connectivity index (χ0v) is 24.7. The lowest BCUT2D eigenvalue weighted by molar-refractivity contribution is -0.111. The summed E-state index contributed by atoms with van der Waals surface area (Å²) in [6.07, 6.45) is 4.85. The monoisotopic (exact) mass is 597 g/mol. The number of hydrazine groups is 1. The summed E-state index contributed by atoms with van der Waals surface area (Å²) in [4.78, 5) is 29.3. The Morgan fingerprint density at radius 3 is 2.47 bits per heavy atom. The van der Waals surface area contributed by atoms with Crippen LogP contribution in [0.2, 0.25) is 0 Å². The smallest absolute Gasteiger partial charge is 0.247 e. The van der Waals surface area contributed by atoms with Gasteiger partial charge in [-0.05, 0) is 58.0 Å². The van der Waals surface area contributed by atoms with Gasteiger partial charge >= 0.3 is 0 Å². The minimum absolute atomic E-state index is 0.0429. The van der Waals surface area contributed by atoms with E-state index in [2.05, 4.69) is 52.8 Å². The predicted molar refractivity (Wildman–Crippen MR) is 163 cm³/mol. The molecule has 12 nitrogen and oxygen atoms in total. The molecule has 0 saturated carbocycles. The standard InChI is InChI=1S/C29H37F2N9O3/c1-6-26(41)34-22-15-23(25(43-5)16-24(22)39(4)11-12-40-9-7-8-10-40)35-27-32-17-33-28(36-27)38-37-21-14-20(31)19(30)13-18(21)29(2,3)42/h6,13-17,37,42H,1,7-12H2,2-5H3,(H,34,41)(H2,32,33,35,36,38). The predicted octanol–water partition coefficient (Wildman–Crippen LogP) is 4.22. The van der Waals surface area contributed by atoms with Gasteiger partial charge in [-0.3, -0.25) is 15.6 Å². The topological polar surface area (TPSA) is 140 Å². The molecule has 2 heterocycles. The lowest BCUT2D eigenvalue weighted by Crippen LogP contribution is -2.32. The normalized spacial score (nSPS) is 13.4. The van der Waals surface area contributed by atoms with E-state index in [4.69, 9.17) is 4.74 Å². The molecule has 1 fully saturated rings. The molecular formula is C29H37F2N9O3. The van der Waals surface area contributed by atoms with Crippen LogP contribution in [0, 0.1) is 11.6 Å². The molecule has 3 aromatic rings. The fourth-order valence-electron chi connectivity index (χ4n) is 4.67. The number of carbonyl (C=O) groups excluding carboxylic acids is 1. The zero-order valence-electron chi connectivity index (χ0n) is 24.7. The van der Waals surface area contributed by atoms with Crippen LogP contribution >= 0.6 is 0 Å². The SMILES string of the molecule is C=CC(=O)Nc1cc(Nc2ncnc(NNc3cc(F)c(F)cc3C(C)(C)O)n2)c(OC)cc1N(C)CCN1CCCC1. The molecule has 0 spiro atoms. The van der Waals surface area contributed by atoms with E-state index in [1.54, 1.807) is 6.07 Å². The quantitative estimate of drug-likeness (QED) is 0.143. The van der Waals surface area contributed by atoms with Gasteiger partial charge in [-0.15, -0.1) is 0 Å². The van der Waals surface area contributed by atoms with Gasteiger partial charge in [0.15, 0.2) is 11.6 Å². The Morgan fingerprint density at radius 1 is 1.09 bits per heavy atom. The van der Waals surface area contributed by atoms with E-state index in [-0.39, 0.29) is 29.1 Å². The number of anilines is 6. The van der Waals surface area contributed by atoms with E-state index >= 15 is 0 Å². The number of aromatic nitrogens is 3. The van der Waals surface area contributed by atoms with Crippen molar-refractivity contribution in [2.24, 2.45) is 0 Å². The Labute approximate surface area is 249 Å². The highest BCUT2D eigenvalue weighted by Gasteiger charge is 2.23. The molecule has 230 valence electrons. The summed E-state index contributed by atoms with van der Waals surface area (Å²) in [5, 5.41) is 16.4. The molecule has 0 aliphatic carbocycles. The maximum absolute atomic E-state index is 14.0. The van der Waals surface area contributed by atoms with Gasteiger partial charge in [0.25, 0.3) is 0 Å². The third kappa shape index (κ3) is 8.05. The maximum Gasteiger partial charge on any atom is 0.247 e. The molecule has 0 bridgehead atoms. The third-order valence-corrected chi connectivity index (χ3v) is 6.97. The van der Waals surface area contributed by atoms with Gasteiger partial charge in [0, 0.05) is 37.8 Å². The Balaban J connectivity index is 1.56. The summed E-state index contributed by atoms with van der Waals surface area (Å²) >= 11 is 0. The van der Waals surface area contributed by atoms with Crippen LogP contribution < -0.4 is 31.1 Å². The Kier molecular flexibility index (Phi) is 9.93. The van der Waals surface area contributed by atoms with Crippen LogP contribution in [0.3, 0.4) is 0 Å². The molecule has 2 aromatic carbocycles. The van der Waals surface area contributed by atoms with Gasteiger partial charge < -0.3 is 30.3 Å². The lowest BCUT2D eigenvalue weighted by atomic mass is 9.96. The van der Waals surface area contributed by atoms with Crippen molar-refractivity contribution >= 4 is 40.6 Å². The highest BCUT2D eigenvalue weighted by molar-refractivity contribution is 6.02. The van der Waals surface area contributed by atoms with Gasteiger partial charge in [0.2, 0.25) is 17.8 Å². The average molecular weight is 598 g/mol. The summed E-state index contributed by atoms with van der Waals surface area (Å²) in [6.45, 7) is 10.3. The van der Waals surface area contributed by atoms with E-state index in [0.717, 1.165) is 44.0 Å². The van der Waals surface area contributed by atoms with Gasteiger partial charge in [-0.1, -0.05) is 6.58 Å². The van der Waals surface area contributed by atoms with Crippen LogP contribution in [-0.2, 0) is 10.4 Å². The molecule has 0 unspecified atom stereocenters. The summed E-state index contributed by atoms with van der Waals surface area (Å²) in [7, 11) is 3.48. The van der Waals surface area contributed by atoms with E-state index < -0.39 is 17.2 Å². The number of likely N-dealkylation sites (tertiary alicyclic amines) is 1. The van der Waals surface area contributed by atoms with Gasteiger partial charge in [0.1, 0.15) is 12.1 Å². The van der Waals surface area contributed by atoms with E-state index in [9.17, 15) is 18.7 Å². The second kappa shape index (κ2) is 13.6. The molecular weight excluding hydrogens is 560 g/mol. The minimum atomic E-state index is -1.46. The second-order valence-corrected chi connectivity index (χ2v) is 10.6. The number of ether oxygens (including phenoxy) is 1. The van der Waals surface area contributed by atoms with Crippen molar-refractivity contribution in [3.05, 3.63) is 60.4 Å². The van der Waals surface area contributed by atoms with Gasteiger partial charge in [-0.2, -0.15) is 9.97 Å². The van der Waals surface area contributed by atoms with Gasteiger partial charge in [-0.25, -0.2) is 13.8 Å². The summed E-state index contributed by atoms with van der Waals surface area (Å²) in [6, 6.07) is 5.37. The number of halogens is 2. The van der Waals surface area contributed by atoms with Crippen molar-refractivity contribution in [2.75, 3.05) is 66.7 Å². The van der Waals surface area contributed by atoms with Crippen LogP contribution in [0.25, 0.3) is 0 Å². The molecule has 5 N–H and O–H groups in total. The molecule has 0 radical (unpaired) electrons. The number of nitrogens with zero attached hydrogens (tertiary/aromatic N) is 5. The number of nitrogens with one attached hydrogen (secondary N) is 4. The summed E-state index contributed by atoms with van der Waals surface area (Å²) in [5.74, 6) is -1.90. The first-order chi connectivity index (χ1) is 20.5. The number of aliphatic hydroxyl groups is 1. The first-order valence-electron chi connectivity index (χ1n) is 13.8. The number of hydrogen-bond donors (Lipinski definition) is 5. The minimum Gasteiger partial charge on any atom is -0.494 e. The van der Waals surface area contributed by atoms with Crippen molar-refractivity contribution in [1.29, 1.82) is 0 Å². The Hall–Kier alpha value is -4.56. The molecule has 4 rings (SSSR count). The van der Waals surface area contributed by atoms with Crippen molar-refractivity contribution in [2.45, 2.75) is 32.3 Å². The zero-order chi connectivity index (χ0) is 31.1. The number of hydrogen-bond acceptors (Lipinski definition) is 11. The van der Waals surface area contributed by atoms with Crippen molar-refractivity contribution in [3.8, 4) is 5.75 Å². The molecule has 1 aromatic heterocycles. The average Bonchev–Trinajstić information content (AvgIpc) is 3.50. The number of benzene rings is 2. The number of methoxy groups -OCH3 is 1.